The molecular formula is C16H15BrO4S. The van der Waals surface area contributed by atoms with Crippen molar-refractivity contribution in [1.29, 1.82) is 0 Å². The predicted octanol–water partition coefficient (Wildman–Crippen LogP) is 3.37. The Hall–Kier alpha value is -1.37. The first-order chi connectivity index (χ1) is 10.5. The van der Waals surface area contributed by atoms with Crippen molar-refractivity contribution >= 4 is 25.8 Å². The molecule has 4 nitrogen and oxygen atoms in total. The van der Waals surface area contributed by atoms with Gasteiger partial charge in [-0.2, -0.15) is 0 Å². The molecule has 0 amide bonds. The summed E-state index contributed by atoms with van der Waals surface area (Å²) in [6.45, 7) is 3.04. The molecule has 1 aliphatic heterocycles. The fourth-order valence-corrected chi connectivity index (χ4v) is 3.60. The average Bonchev–Trinajstić information content (AvgIpc) is 3.31. The minimum absolute atomic E-state index is 0.115. The van der Waals surface area contributed by atoms with Gasteiger partial charge in [-0.05, 0) is 47.1 Å². The molecule has 1 atom stereocenters. The molecule has 0 saturated carbocycles. The Labute approximate surface area is 138 Å². The van der Waals surface area contributed by atoms with Crippen molar-refractivity contribution in [3.8, 4) is 5.75 Å². The Morgan fingerprint density at radius 1 is 1.18 bits per heavy atom. The minimum atomic E-state index is -3.55. The molecule has 0 radical (unpaired) electrons. The number of benzene rings is 2. The molecule has 3 rings (SSSR count). The van der Waals surface area contributed by atoms with E-state index in [1.54, 1.807) is 42.5 Å². The maximum atomic E-state index is 12.7. The number of sulfone groups is 1. The zero-order chi connectivity index (χ0) is 15.7. The van der Waals surface area contributed by atoms with Gasteiger partial charge in [0.15, 0.2) is 0 Å². The molecular weight excluding hydrogens is 368 g/mol. The highest BCUT2D eigenvalue weighted by atomic mass is 79.9. The smallest absolute Gasteiger partial charge is 0.206 e. The van der Waals surface area contributed by atoms with Crippen molar-refractivity contribution in [1.82, 2.24) is 0 Å². The van der Waals surface area contributed by atoms with Crippen LogP contribution in [0.1, 0.15) is 5.56 Å². The van der Waals surface area contributed by atoms with Crippen LogP contribution in [-0.4, -0.2) is 27.7 Å². The molecule has 1 fully saturated rings. The largest absolute Gasteiger partial charge is 0.490 e. The number of halogens is 1. The molecule has 1 unspecified atom stereocenters. The number of hydrogen-bond donors (Lipinski definition) is 0. The number of aryl methyl sites for hydroxylation is 1. The number of hydrogen-bond acceptors (Lipinski definition) is 4. The fraction of sp³-hybridized carbons (Fsp3) is 0.250. The van der Waals surface area contributed by atoms with Crippen molar-refractivity contribution < 1.29 is 17.9 Å². The molecule has 2 aromatic rings. The maximum Gasteiger partial charge on any atom is 0.206 e. The summed E-state index contributed by atoms with van der Waals surface area (Å²) in [5, 5.41) is 0. The highest BCUT2D eigenvalue weighted by Gasteiger charge is 2.24. The first kappa shape index (κ1) is 15.5. The van der Waals surface area contributed by atoms with Crippen LogP contribution in [0.25, 0.3) is 0 Å². The summed E-state index contributed by atoms with van der Waals surface area (Å²) in [6, 6.07) is 11.6. The van der Waals surface area contributed by atoms with Gasteiger partial charge >= 0.3 is 0 Å². The second-order valence-electron chi connectivity index (χ2n) is 5.18. The van der Waals surface area contributed by atoms with Crippen LogP contribution in [0.2, 0.25) is 0 Å². The molecule has 0 bridgehead atoms. The quantitative estimate of drug-likeness (QED) is 0.743. The molecule has 2 aromatic carbocycles. The van der Waals surface area contributed by atoms with Crippen molar-refractivity contribution in [3.05, 3.63) is 52.5 Å². The topological polar surface area (TPSA) is 55.9 Å². The van der Waals surface area contributed by atoms with Gasteiger partial charge in [0, 0.05) is 6.07 Å². The van der Waals surface area contributed by atoms with Gasteiger partial charge in [-0.3, -0.25) is 0 Å². The summed E-state index contributed by atoms with van der Waals surface area (Å²) in [6.07, 6.45) is 0.115. The molecule has 116 valence electrons. The van der Waals surface area contributed by atoms with Gasteiger partial charge < -0.3 is 9.47 Å². The summed E-state index contributed by atoms with van der Waals surface area (Å²) in [4.78, 5) is 0.489. The first-order valence-corrected chi connectivity index (χ1v) is 9.10. The van der Waals surface area contributed by atoms with Crippen LogP contribution in [0.5, 0.6) is 5.75 Å². The highest BCUT2D eigenvalue weighted by molar-refractivity contribution is 9.10. The van der Waals surface area contributed by atoms with Crippen molar-refractivity contribution in [3.63, 3.8) is 0 Å². The lowest BCUT2D eigenvalue weighted by Gasteiger charge is -2.10. The van der Waals surface area contributed by atoms with E-state index in [2.05, 4.69) is 15.9 Å². The maximum absolute atomic E-state index is 12.7. The average molecular weight is 383 g/mol. The molecule has 0 aliphatic carbocycles. The van der Waals surface area contributed by atoms with E-state index in [1.807, 2.05) is 6.92 Å². The fourth-order valence-electron chi connectivity index (χ4n) is 1.96. The van der Waals surface area contributed by atoms with Gasteiger partial charge in [0.1, 0.15) is 18.5 Å². The second kappa shape index (κ2) is 6.02. The summed E-state index contributed by atoms with van der Waals surface area (Å²) < 4.78 is 36.8. The van der Waals surface area contributed by atoms with E-state index in [4.69, 9.17) is 9.47 Å². The zero-order valence-electron chi connectivity index (χ0n) is 12.0. The summed E-state index contributed by atoms with van der Waals surface area (Å²) in [7, 11) is -3.55. The van der Waals surface area contributed by atoms with Crippen LogP contribution >= 0.6 is 15.9 Å². The minimum Gasteiger partial charge on any atom is -0.490 e. The van der Waals surface area contributed by atoms with Crippen LogP contribution in [0.15, 0.2) is 56.7 Å². The standard InChI is InChI=1S/C16H15BrO4S/c1-11-2-4-13(5-3-11)22(18,19)14-6-7-15(17)16(8-14)21-10-12-9-20-12/h2-8,12H,9-10H2,1H3. The van der Waals surface area contributed by atoms with Crippen LogP contribution in [0.4, 0.5) is 0 Å². The van der Waals surface area contributed by atoms with Gasteiger partial charge in [0.25, 0.3) is 0 Å². The van der Waals surface area contributed by atoms with Gasteiger partial charge in [0.2, 0.25) is 9.84 Å². The Kier molecular flexibility index (Phi) is 4.25. The predicted molar refractivity (Wildman–Crippen MR) is 86.0 cm³/mol. The number of epoxide rings is 1. The van der Waals surface area contributed by atoms with E-state index in [-0.39, 0.29) is 15.9 Å². The molecule has 6 heteroatoms. The lowest BCUT2D eigenvalue weighted by molar-refractivity contribution is 0.261. The third kappa shape index (κ3) is 3.34. The van der Waals surface area contributed by atoms with Gasteiger partial charge in [-0.25, -0.2) is 8.42 Å². The Morgan fingerprint density at radius 3 is 2.45 bits per heavy atom. The van der Waals surface area contributed by atoms with Crippen molar-refractivity contribution in [2.24, 2.45) is 0 Å². The summed E-state index contributed by atoms with van der Waals surface area (Å²) in [5.74, 6) is 0.503. The molecule has 22 heavy (non-hydrogen) atoms. The highest BCUT2D eigenvalue weighted by Crippen LogP contribution is 2.31. The molecule has 1 saturated heterocycles. The van der Waals surface area contributed by atoms with E-state index in [0.29, 0.717) is 19.0 Å². The van der Waals surface area contributed by atoms with Gasteiger partial charge in [-0.1, -0.05) is 17.7 Å². The number of ether oxygens (including phenoxy) is 2. The van der Waals surface area contributed by atoms with E-state index < -0.39 is 9.84 Å². The van der Waals surface area contributed by atoms with E-state index in [0.717, 1.165) is 10.0 Å². The monoisotopic (exact) mass is 382 g/mol. The lowest BCUT2D eigenvalue weighted by Crippen LogP contribution is -2.06. The van der Waals surface area contributed by atoms with Crippen LogP contribution in [0.3, 0.4) is 0 Å². The Balaban J connectivity index is 1.92. The SMILES string of the molecule is Cc1ccc(S(=O)(=O)c2ccc(Br)c(OCC3CO3)c2)cc1. The molecule has 0 aromatic heterocycles. The third-order valence-corrected chi connectivity index (χ3v) is 5.79. The number of rotatable bonds is 5. The van der Waals surface area contributed by atoms with Crippen molar-refractivity contribution in [2.75, 3.05) is 13.2 Å². The van der Waals surface area contributed by atoms with Crippen LogP contribution in [0, 0.1) is 6.92 Å². The van der Waals surface area contributed by atoms with E-state index in [1.165, 1.54) is 0 Å². The van der Waals surface area contributed by atoms with Gasteiger partial charge in [0.05, 0.1) is 20.9 Å². The van der Waals surface area contributed by atoms with Crippen LogP contribution < -0.4 is 4.74 Å². The summed E-state index contributed by atoms with van der Waals surface area (Å²) in [5.41, 5.74) is 1.02. The lowest BCUT2D eigenvalue weighted by atomic mass is 10.2. The molecule has 1 aliphatic rings. The first-order valence-electron chi connectivity index (χ1n) is 6.82. The third-order valence-electron chi connectivity index (χ3n) is 3.37. The van der Waals surface area contributed by atoms with Crippen LogP contribution in [-0.2, 0) is 14.6 Å². The Bertz CT molecular complexity index is 780. The molecule has 0 spiro atoms. The summed E-state index contributed by atoms with van der Waals surface area (Å²) >= 11 is 3.37. The van der Waals surface area contributed by atoms with E-state index >= 15 is 0 Å². The molecule has 0 N–H and O–H groups in total. The zero-order valence-corrected chi connectivity index (χ0v) is 14.4. The second-order valence-corrected chi connectivity index (χ2v) is 7.98. The van der Waals surface area contributed by atoms with E-state index in [9.17, 15) is 8.42 Å². The van der Waals surface area contributed by atoms with Gasteiger partial charge in [-0.15, -0.1) is 0 Å². The molecule has 1 heterocycles. The van der Waals surface area contributed by atoms with Crippen molar-refractivity contribution in [2.45, 2.75) is 22.8 Å². The normalized spacial score (nSPS) is 17.3. The Morgan fingerprint density at radius 2 is 1.82 bits per heavy atom.